The third-order valence-electron chi connectivity index (χ3n) is 5.74. The first-order valence-electron chi connectivity index (χ1n) is 10.8. The number of fused-ring (bicyclic) bond motifs is 3. The maximum absolute atomic E-state index is 12.8. The van der Waals surface area contributed by atoms with Crippen LogP contribution in [0.2, 0.25) is 5.02 Å². The molecule has 8 heteroatoms. The summed E-state index contributed by atoms with van der Waals surface area (Å²) in [5, 5.41) is 7.63. The van der Waals surface area contributed by atoms with E-state index in [2.05, 4.69) is 15.6 Å². The van der Waals surface area contributed by atoms with Gasteiger partial charge in [0.1, 0.15) is 6.04 Å². The summed E-state index contributed by atoms with van der Waals surface area (Å²) in [6.07, 6.45) is 0.352. The van der Waals surface area contributed by atoms with Crippen LogP contribution in [0.4, 0.5) is 4.79 Å². The van der Waals surface area contributed by atoms with Gasteiger partial charge in [-0.1, -0.05) is 23.7 Å². The van der Waals surface area contributed by atoms with E-state index in [-0.39, 0.29) is 18.0 Å². The molecule has 4 rings (SSSR count). The normalized spacial score (nSPS) is 15.5. The van der Waals surface area contributed by atoms with Gasteiger partial charge in [0.2, 0.25) is 0 Å². The number of benzene rings is 2. The summed E-state index contributed by atoms with van der Waals surface area (Å²) in [4.78, 5) is 30.4. The number of aromatic amines is 1. The van der Waals surface area contributed by atoms with Crippen LogP contribution in [0.1, 0.15) is 40.1 Å². The summed E-state index contributed by atoms with van der Waals surface area (Å²) >= 11 is 6.24. The van der Waals surface area contributed by atoms with Crippen LogP contribution >= 0.6 is 11.6 Å². The summed E-state index contributed by atoms with van der Waals surface area (Å²) in [5.41, 5.74) is 4.57. The molecular formula is C24H27ClN4O3. The highest BCUT2D eigenvalue weighted by atomic mass is 35.5. The summed E-state index contributed by atoms with van der Waals surface area (Å²) in [6.45, 7) is 3.89. The fraction of sp³-hybridized carbons (Fsp3) is 0.333. The van der Waals surface area contributed by atoms with Gasteiger partial charge in [0.15, 0.2) is 0 Å². The molecule has 2 heterocycles. The van der Waals surface area contributed by atoms with E-state index in [9.17, 15) is 9.59 Å². The van der Waals surface area contributed by atoms with Crippen molar-refractivity contribution in [1.29, 1.82) is 0 Å². The number of nitrogens with one attached hydrogen (secondary N) is 3. The fourth-order valence-electron chi connectivity index (χ4n) is 4.23. The monoisotopic (exact) mass is 454 g/mol. The Kier molecular flexibility index (Phi) is 6.67. The van der Waals surface area contributed by atoms with Crippen LogP contribution in [0.5, 0.6) is 0 Å². The lowest BCUT2D eigenvalue weighted by atomic mass is 9.92. The van der Waals surface area contributed by atoms with E-state index in [0.717, 1.165) is 27.7 Å². The SMILES string of the molecule is CCOC(=O)N1CCc2c([nH]c3ccc(Cl)cc23)C1c1ccc(C(=O)NCCNC)cc1. The lowest BCUT2D eigenvalue weighted by Crippen LogP contribution is -2.41. The zero-order valence-electron chi connectivity index (χ0n) is 18.2. The van der Waals surface area contributed by atoms with Crippen LogP contribution in [-0.2, 0) is 11.2 Å². The van der Waals surface area contributed by atoms with Gasteiger partial charge in [0, 0.05) is 46.8 Å². The molecule has 32 heavy (non-hydrogen) atoms. The van der Waals surface area contributed by atoms with Gasteiger partial charge in [-0.15, -0.1) is 0 Å². The number of hydrogen-bond donors (Lipinski definition) is 3. The molecule has 0 saturated carbocycles. The van der Waals surface area contributed by atoms with Gasteiger partial charge >= 0.3 is 6.09 Å². The van der Waals surface area contributed by atoms with Crippen LogP contribution in [0.15, 0.2) is 42.5 Å². The molecule has 7 nitrogen and oxygen atoms in total. The molecule has 0 spiro atoms. The van der Waals surface area contributed by atoms with Gasteiger partial charge in [-0.25, -0.2) is 4.79 Å². The second kappa shape index (κ2) is 9.63. The van der Waals surface area contributed by atoms with Gasteiger partial charge in [-0.05, 0) is 61.9 Å². The van der Waals surface area contributed by atoms with Crippen molar-refractivity contribution in [1.82, 2.24) is 20.5 Å². The second-order valence-corrected chi connectivity index (χ2v) is 8.17. The predicted molar refractivity (Wildman–Crippen MR) is 125 cm³/mol. The third-order valence-corrected chi connectivity index (χ3v) is 5.98. The van der Waals surface area contributed by atoms with Crippen molar-refractivity contribution in [3.05, 3.63) is 69.9 Å². The molecule has 3 aromatic rings. The van der Waals surface area contributed by atoms with Gasteiger partial charge in [-0.3, -0.25) is 9.69 Å². The number of likely N-dealkylation sites (N-methyl/N-ethyl adjacent to an activating group) is 1. The Hall–Kier alpha value is -3.03. The molecule has 1 atom stereocenters. The minimum absolute atomic E-state index is 0.126. The zero-order chi connectivity index (χ0) is 22.7. The smallest absolute Gasteiger partial charge is 0.410 e. The number of ether oxygens (including phenoxy) is 1. The summed E-state index contributed by atoms with van der Waals surface area (Å²) in [6, 6.07) is 12.8. The maximum Gasteiger partial charge on any atom is 0.410 e. The van der Waals surface area contributed by atoms with Crippen LogP contribution in [0.3, 0.4) is 0 Å². The number of aromatic nitrogens is 1. The lowest BCUT2D eigenvalue weighted by Gasteiger charge is -2.35. The first-order valence-corrected chi connectivity index (χ1v) is 11.2. The Labute approximate surface area is 192 Å². The molecule has 2 aromatic carbocycles. The van der Waals surface area contributed by atoms with Crippen molar-refractivity contribution >= 4 is 34.5 Å². The maximum atomic E-state index is 12.8. The average molecular weight is 455 g/mol. The van der Waals surface area contributed by atoms with Crippen LogP contribution < -0.4 is 10.6 Å². The van der Waals surface area contributed by atoms with Crippen LogP contribution in [0, 0.1) is 0 Å². The average Bonchev–Trinajstić information content (AvgIpc) is 3.16. The molecule has 1 aliphatic rings. The number of carbonyl (C=O) groups excluding carboxylic acids is 2. The van der Waals surface area contributed by atoms with Crippen molar-refractivity contribution in [3.63, 3.8) is 0 Å². The van der Waals surface area contributed by atoms with Crippen LogP contribution in [0.25, 0.3) is 10.9 Å². The van der Waals surface area contributed by atoms with E-state index < -0.39 is 0 Å². The number of carbonyl (C=O) groups is 2. The second-order valence-electron chi connectivity index (χ2n) is 7.73. The molecule has 1 aromatic heterocycles. The molecule has 0 fully saturated rings. The number of nitrogens with zero attached hydrogens (tertiary/aromatic N) is 1. The summed E-state index contributed by atoms with van der Waals surface area (Å²) in [7, 11) is 1.84. The standard InChI is InChI=1S/C24H27ClN4O3/c1-3-32-24(31)29-13-10-18-19-14-17(25)8-9-20(19)28-21(18)22(29)15-4-6-16(7-5-15)23(30)27-12-11-26-2/h4-9,14,22,26,28H,3,10-13H2,1-2H3,(H,27,30). The number of hydrogen-bond acceptors (Lipinski definition) is 4. The molecule has 1 aliphatic heterocycles. The fourth-order valence-corrected chi connectivity index (χ4v) is 4.40. The zero-order valence-corrected chi connectivity index (χ0v) is 19.0. The first kappa shape index (κ1) is 22.2. The molecule has 0 saturated heterocycles. The van der Waals surface area contributed by atoms with Crippen LogP contribution in [-0.4, -0.2) is 55.2 Å². The lowest BCUT2D eigenvalue weighted by molar-refractivity contribution is 0.0926. The number of amides is 2. The summed E-state index contributed by atoms with van der Waals surface area (Å²) < 4.78 is 5.34. The van der Waals surface area contributed by atoms with E-state index in [1.165, 1.54) is 0 Å². The Morgan fingerprint density at radius 2 is 1.97 bits per heavy atom. The third kappa shape index (κ3) is 4.31. The molecule has 168 valence electrons. The van der Waals surface area contributed by atoms with Gasteiger partial charge in [-0.2, -0.15) is 0 Å². The topological polar surface area (TPSA) is 86.5 Å². The predicted octanol–water partition coefficient (Wildman–Crippen LogP) is 3.87. The minimum atomic E-state index is -0.353. The van der Waals surface area contributed by atoms with Gasteiger partial charge < -0.3 is 20.4 Å². The van der Waals surface area contributed by atoms with Crippen molar-refractivity contribution in [2.45, 2.75) is 19.4 Å². The molecular weight excluding hydrogens is 428 g/mol. The van der Waals surface area contributed by atoms with E-state index in [4.69, 9.17) is 16.3 Å². The van der Waals surface area contributed by atoms with E-state index in [0.29, 0.717) is 43.2 Å². The van der Waals surface area contributed by atoms with E-state index in [1.807, 2.05) is 37.4 Å². The highest BCUT2D eigenvalue weighted by molar-refractivity contribution is 6.31. The minimum Gasteiger partial charge on any atom is -0.450 e. The first-order chi connectivity index (χ1) is 15.5. The Bertz CT molecular complexity index is 1130. The Morgan fingerprint density at radius 3 is 2.69 bits per heavy atom. The molecule has 2 amide bonds. The van der Waals surface area contributed by atoms with Crippen molar-refractivity contribution in [2.24, 2.45) is 0 Å². The number of H-pyrrole nitrogens is 1. The summed E-state index contributed by atoms with van der Waals surface area (Å²) in [5.74, 6) is -0.126. The van der Waals surface area contributed by atoms with Crippen molar-refractivity contribution < 1.29 is 14.3 Å². The van der Waals surface area contributed by atoms with Gasteiger partial charge in [0.25, 0.3) is 5.91 Å². The quantitative estimate of drug-likeness (QED) is 0.493. The highest BCUT2D eigenvalue weighted by Gasteiger charge is 2.35. The number of halogens is 1. The molecule has 3 N–H and O–H groups in total. The van der Waals surface area contributed by atoms with Crippen molar-refractivity contribution in [3.8, 4) is 0 Å². The highest BCUT2D eigenvalue weighted by Crippen LogP contribution is 2.39. The largest absolute Gasteiger partial charge is 0.450 e. The number of rotatable bonds is 6. The molecule has 0 radical (unpaired) electrons. The Morgan fingerprint density at radius 1 is 1.19 bits per heavy atom. The van der Waals surface area contributed by atoms with E-state index >= 15 is 0 Å². The van der Waals surface area contributed by atoms with Crippen molar-refractivity contribution in [2.75, 3.05) is 33.3 Å². The van der Waals surface area contributed by atoms with Gasteiger partial charge in [0.05, 0.1) is 6.61 Å². The molecule has 0 aliphatic carbocycles. The Balaban J connectivity index is 1.71. The van der Waals surface area contributed by atoms with E-state index in [1.54, 1.807) is 24.0 Å². The molecule has 1 unspecified atom stereocenters. The molecule has 0 bridgehead atoms.